The summed E-state index contributed by atoms with van der Waals surface area (Å²) < 4.78 is 17.8. The van der Waals surface area contributed by atoms with Crippen LogP contribution in [0.5, 0.6) is 17.2 Å². The monoisotopic (exact) mass is 516 g/mol. The highest BCUT2D eigenvalue weighted by Crippen LogP contribution is 2.24. The van der Waals surface area contributed by atoms with Crippen molar-refractivity contribution in [2.75, 3.05) is 7.11 Å². The number of nitrogens with one attached hydrogen (secondary N) is 1. The van der Waals surface area contributed by atoms with Gasteiger partial charge in [0.25, 0.3) is 5.91 Å². The molecule has 0 aromatic heterocycles. The molecule has 0 saturated carbocycles. The topological polar surface area (TPSA) is 69.2 Å². The van der Waals surface area contributed by atoms with Gasteiger partial charge in [-0.05, 0) is 67.1 Å². The van der Waals surface area contributed by atoms with Gasteiger partial charge in [0, 0.05) is 15.1 Å². The fourth-order valence-electron chi connectivity index (χ4n) is 2.70. The van der Waals surface area contributed by atoms with E-state index in [0.717, 1.165) is 10.0 Å². The van der Waals surface area contributed by atoms with Crippen molar-refractivity contribution >= 4 is 39.7 Å². The van der Waals surface area contributed by atoms with Crippen LogP contribution in [0.1, 0.15) is 18.1 Å². The highest BCUT2D eigenvalue weighted by Gasteiger charge is 2.14. The standard InChI is InChI=1S/C24H22BrClN2O4/c1-16(32-21-8-6-20(26)7-9-21)24(29)28-27-14-18-13-22(30-2)10-11-23(18)31-15-17-4-3-5-19(25)12-17/h3-14,16H,15H2,1-2H3,(H,28,29)/b27-14+. The third-order valence-corrected chi connectivity index (χ3v) is 5.12. The zero-order valence-corrected chi connectivity index (χ0v) is 19.9. The number of carbonyl (C=O) groups excluding carboxylic acids is 1. The van der Waals surface area contributed by atoms with Crippen LogP contribution in [-0.4, -0.2) is 25.3 Å². The average Bonchev–Trinajstić information content (AvgIpc) is 2.79. The molecule has 0 bridgehead atoms. The molecule has 0 fully saturated rings. The van der Waals surface area contributed by atoms with Crippen LogP contribution in [0, 0.1) is 0 Å². The van der Waals surface area contributed by atoms with Gasteiger partial charge >= 0.3 is 0 Å². The summed E-state index contributed by atoms with van der Waals surface area (Å²) in [5.74, 6) is 1.40. The van der Waals surface area contributed by atoms with E-state index in [1.54, 1.807) is 56.5 Å². The van der Waals surface area contributed by atoms with Crippen molar-refractivity contribution in [2.45, 2.75) is 19.6 Å². The summed E-state index contributed by atoms with van der Waals surface area (Å²) in [5, 5.41) is 4.65. The van der Waals surface area contributed by atoms with Crippen LogP contribution in [0.4, 0.5) is 0 Å². The van der Waals surface area contributed by atoms with Crippen LogP contribution in [-0.2, 0) is 11.4 Å². The molecular formula is C24H22BrClN2O4. The number of carbonyl (C=O) groups is 1. The van der Waals surface area contributed by atoms with Gasteiger partial charge in [-0.2, -0.15) is 5.10 Å². The number of halogens is 2. The summed E-state index contributed by atoms with van der Waals surface area (Å²) in [7, 11) is 1.58. The van der Waals surface area contributed by atoms with Gasteiger partial charge in [-0.1, -0.05) is 39.7 Å². The Morgan fingerprint density at radius 2 is 1.88 bits per heavy atom. The minimum absolute atomic E-state index is 0.380. The average molecular weight is 518 g/mol. The molecule has 8 heteroatoms. The Balaban J connectivity index is 1.63. The smallest absolute Gasteiger partial charge is 0.280 e. The minimum atomic E-state index is -0.745. The Kier molecular flexibility index (Phi) is 8.53. The highest BCUT2D eigenvalue weighted by atomic mass is 79.9. The molecule has 3 rings (SSSR count). The second-order valence-electron chi connectivity index (χ2n) is 6.77. The lowest BCUT2D eigenvalue weighted by Crippen LogP contribution is -2.33. The first-order valence-corrected chi connectivity index (χ1v) is 10.9. The van der Waals surface area contributed by atoms with Crippen LogP contribution in [0.2, 0.25) is 5.02 Å². The zero-order chi connectivity index (χ0) is 22.9. The van der Waals surface area contributed by atoms with E-state index in [2.05, 4.69) is 26.5 Å². The van der Waals surface area contributed by atoms with Crippen molar-refractivity contribution in [3.63, 3.8) is 0 Å². The molecule has 1 atom stereocenters. The second-order valence-corrected chi connectivity index (χ2v) is 8.12. The van der Waals surface area contributed by atoms with Crippen molar-refractivity contribution in [3.8, 4) is 17.2 Å². The fourth-order valence-corrected chi connectivity index (χ4v) is 3.27. The van der Waals surface area contributed by atoms with E-state index in [1.807, 2.05) is 24.3 Å². The molecule has 0 heterocycles. The van der Waals surface area contributed by atoms with Crippen molar-refractivity contribution in [3.05, 3.63) is 87.4 Å². The molecule has 1 unspecified atom stereocenters. The lowest BCUT2D eigenvalue weighted by Gasteiger charge is -2.13. The van der Waals surface area contributed by atoms with Gasteiger partial charge in [-0.25, -0.2) is 5.43 Å². The summed E-state index contributed by atoms with van der Waals surface area (Å²) in [6.45, 7) is 2.02. The summed E-state index contributed by atoms with van der Waals surface area (Å²) in [6.07, 6.45) is 0.761. The van der Waals surface area contributed by atoms with Gasteiger partial charge in [0.05, 0.1) is 13.3 Å². The minimum Gasteiger partial charge on any atom is -0.497 e. The summed E-state index contributed by atoms with van der Waals surface area (Å²) in [5.41, 5.74) is 4.16. The van der Waals surface area contributed by atoms with Gasteiger partial charge in [0.2, 0.25) is 0 Å². The molecule has 0 saturated heterocycles. The Labute approximate surface area is 200 Å². The molecule has 0 radical (unpaired) electrons. The molecule has 0 spiro atoms. The quantitative estimate of drug-likeness (QED) is 0.296. The van der Waals surface area contributed by atoms with Crippen molar-refractivity contribution < 1.29 is 19.0 Å². The SMILES string of the molecule is COc1ccc(OCc2cccc(Br)c2)c(/C=N/NC(=O)C(C)Oc2ccc(Cl)cc2)c1. The summed E-state index contributed by atoms with van der Waals surface area (Å²) in [6, 6.07) is 20.0. The van der Waals surface area contributed by atoms with E-state index in [1.165, 1.54) is 6.21 Å². The Morgan fingerprint density at radius 3 is 2.59 bits per heavy atom. The number of hydrazone groups is 1. The second kappa shape index (κ2) is 11.5. The number of nitrogens with zero attached hydrogens (tertiary/aromatic N) is 1. The normalized spacial score (nSPS) is 11.8. The predicted octanol–water partition coefficient (Wildman–Crippen LogP) is 5.61. The number of methoxy groups -OCH3 is 1. The third-order valence-electron chi connectivity index (χ3n) is 4.37. The number of amides is 1. The number of hydrogen-bond acceptors (Lipinski definition) is 5. The largest absolute Gasteiger partial charge is 0.497 e. The molecule has 0 aliphatic rings. The van der Waals surface area contributed by atoms with Gasteiger partial charge in [-0.3, -0.25) is 4.79 Å². The Morgan fingerprint density at radius 1 is 1.12 bits per heavy atom. The lowest BCUT2D eigenvalue weighted by molar-refractivity contribution is -0.127. The highest BCUT2D eigenvalue weighted by molar-refractivity contribution is 9.10. The molecular weight excluding hydrogens is 496 g/mol. The van der Waals surface area contributed by atoms with Crippen molar-refractivity contribution in [1.29, 1.82) is 0 Å². The van der Waals surface area contributed by atoms with E-state index in [-0.39, 0.29) is 0 Å². The molecule has 3 aromatic rings. The van der Waals surface area contributed by atoms with Crippen LogP contribution in [0.25, 0.3) is 0 Å². The molecule has 1 N–H and O–H groups in total. The number of benzene rings is 3. The first-order valence-electron chi connectivity index (χ1n) is 9.75. The van der Waals surface area contributed by atoms with E-state index >= 15 is 0 Å². The molecule has 3 aromatic carbocycles. The first kappa shape index (κ1) is 23.6. The van der Waals surface area contributed by atoms with Crippen LogP contribution >= 0.6 is 27.5 Å². The number of ether oxygens (including phenoxy) is 3. The van der Waals surface area contributed by atoms with E-state index in [0.29, 0.717) is 34.4 Å². The summed E-state index contributed by atoms with van der Waals surface area (Å²) in [4.78, 5) is 12.3. The van der Waals surface area contributed by atoms with Gasteiger partial charge in [0.15, 0.2) is 6.10 Å². The molecule has 166 valence electrons. The van der Waals surface area contributed by atoms with Crippen molar-refractivity contribution in [2.24, 2.45) is 5.10 Å². The molecule has 32 heavy (non-hydrogen) atoms. The zero-order valence-electron chi connectivity index (χ0n) is 17.5. The molecule has 1 amide bonds. The number of rotatable bonds is 9. The maximum absolute atomic E-state index is 12.3. The maximum atomic E-state index is 12.3. The number of hydrogen-bond donors (Lipinski definition) is 1. The Bertz CT molecular complexity index is 1090. The van der Waals surface area contributed by atoms with Crippen LogP contribution < -0.4 is 19.6 Å². The lowest BCUT2D eigenvalue weighted by atomic mass is 10.2. The Hall–Kier alpha value is -3.03. The van der Waals surface area contributed by atoms with Crippen LogP contribution in [0.3, 0.4) is 0 Å². The third kappa shape index (κ3) is 7.00. The van der Waals surface area contributed by atoms with E-state index in [4.69, 9.17) is 25.8 Å². The molecule has 0 aliphatic carbocycles. The maximum Gasteiger partial charge on any atom is 0.280 e. The fraction of sp³-hybridized carbons (Fsp3) is 0.167. The predicted molar refractivity (Wildman–Crippen MR) is 129 cm³/mol. The van der Waals surface area contributed by atoms with E-state index in [9.17, 15) is 4.79 Å². The van der Waals surface area contributed by atoms with E-state index < -0.39 is 12.0 Å². The van der Waals surface area contributed by atoms with Gasteiger partial charge < -0.3 is 14.2 Å². The first-order chi connectivity index (χ1) is 15.4. The van der Waals surface area contributed by atoms with Crippen LogP contribution in [0.15, 0.2) is 76.3 Å². The summed E-state index contributed by atoms with van der Waals surface area (Å²) >= 11 is 9.32. The molecule has 0 aliphatic heterocycles. The van der Waals surface area contributed by atoms with Gasteiger partial charge in [0.1, 0.15) is 23.9 Å². The van der Waals surface area contributed by atoms with Crippen molar-refractivity contribution in [1.82, 2.24) is 5.43 Å². The van der Waals surface area contributed by atoms with Gasteiger partial charge in [-0.15, -0.1) is 0 Å². The molecule has 6 nitrogen and oxygen atoms in total.